The first-order valence-corrected chi connectivity index (χ1v) is 8.91. The Morgan fingerprint density at radius 3 is 2.68 bits per heavy atom. The average Bonchev–Trinajstić information content (AvgIpc) is 2.45. The number of hydrogen-bond acceptors (Lipinski definition) is 4. The topological polar surface area (TPSA) is 98.5 Å². The van der Waals surface area contributed by atoms with Gasteiger partial charge in [-0.1, -0.05) is 22.9 Å². The molecule has 0 aromatic heterocycles. The van der Waals surface area contributed by atoms with Crippen molar-refractivity contribution in [3.05, 3.63) is 28.2 Å². The van der Waals surface area contributed by atoms with Gasteiger partial charge in [0.05, 0.1) is 22.4 Å². The van der Waals surface area contributed by atoms with E-state index in [1.165, 1.54) is 22.5 Å². The minimum absolute atomic E-state index is 0.00309. The Labute approximate surface area is 137 Å². The number of carboxylic acids is 1. The molecule has 0 aliphatic carbocycles. The molecule has 1 aliphatic rings. The number of aliphatic carboxylic acids is 1. The van der Waals surface area contributed by atoms with Crippen molar-refractivity contribution in [3.63, 3.8) is 0 Å². The Balaban J connectivity index is 2.39. The van der Waals surface area contributed by atoms with E-state index in [1.54, 1.807) is 0 Å². The van der Waals surface area contributed by atoms with Crippen LogP contribution in [0.3, 0.4) is 0 Å². The van der Waals surface area contributed by atoms with Crippen LogP contribution in [0.2, 0.25) is 0 Å². The number of piperidine rings is 1. The molecule has 1 N–H and O–H groups in total. The Bertz CT molecular complexity index is 742. The van der Waals surface area contributed by atoms with E-state index in [0.717, 1.165) is 0 Å². The van der Waals surface area contributed by atoms with Crippen molar-refractivity contribution >= 4 is 31.9 Å². The molecular weight excluding hydrogens is 372 g/mol. The first-order chi connectivity index (χ1) is 10.2. The molecule has 1 aliphatic heterocycles. The van der Waals surface area contributed by atoms with Crippen LogP contribution in [-0.2, 0) is 14.8 Å². The summed E-state index contributed by atoms with van der Waals surface area (Å²) in [5.74, 6) is -1.73. The highest BCUT2D eigenvalue weighted by molar-refractivity contribution is 9.10. The number of nitriles is 1. The van der Waals surface area contributed by atoms with Crippen molar-refractivity contribution in [2.45, 2.75) is 18.2 Å². The fraction of sp³-hybridized carbons (Fsp3) is 0.429. The molecular formula is C14H15BrN2O4S. The first kappa shape index (κ1) is 16.9. The van der Waals surface area contributed by atoms with E-state index < -0.39 is 21.9 Å². The molecule has 118 valence electrons. The van der Waals surface area contributed by atoms with Gasteiger partial charge in [0.15, 0.2) is 0 Å². The second-order valence-corrected chi connectivity index (χ2v) is 8.34. The second kappa shape index (κ2) is 6.36. The lowest BCUT2D eigenvalue weighted by Crippen LogP contribution is -2.45. The molecule has 2 rings (SSSR count). The van der Waals surface area contributed by atoms with Gasteiger partial charge in [-0.2, -0.15) is 9.57 Å². The zero-order chi connectivity index (χ0) is 16.5. The average molecular weight is 387 g/mol. The molecule has 6 nitrogen and oxygen atoms in total. The van der Waals surface area contributed by atoms with Crippen LogP contribution in [0.4, 0.5) is 0 Å². The van der Waals surface area contributed by atoms with Gasteiger partial charge in [-0.3, -0.25) is 4.79 Å². The Morgan fingerprint density at radius 1 is 1.41 bits per heavy atom. The third-order valence-electron chi connectivity index (χ3n) is 3.61. The van der Waals surface area contributed by atoms with Crippen molar-refractivity contribution in [2.75, 3.05) is 13.1 Å². The van der Waals surface area contributed by atoms with Crippen molar-refractivity contribution in [1.82, 2.24) is 4.31 Å². The molecule has 0 amide bonds. The molecule has 2 atom stereocenters. The fourth-order valence-electron chi connectivity index (χ4n) is 2.60. The number of hydrogen-bond donors (Lipinski definition) is 1. The summed E-state index contributed by atoms with van der Waals surface area (Å²) in [6, 6.07) is 6.16. The van der Waals surface area contributed by atoms with Gasteiger partial charge in [-0.25, -0.2) is 8.42 Å². The first-order valence-electron chi connectivity index (χ1n) is 6.67. The van der Waals surface area contributed by atoms with Crippen LogP contribution in [0.25, 0.3) is 0 Å². The normalized spacial score (nSPS) is 23.0. The smallest absolute Gasteiger partial charge is 0.307 e. The molecule has 0 saturated carbocycles. The molecule has 1 fully saturated rings. The molecule has 8 heteroatoms. The quantitative estimate of drug-likeness (QED) is 0.856. The van der Waals surface area contributed by atoms with Gasteiger partial charge in [0.1, 0.15) is 0 Å². The van der Waals surface area contributed by atoms with Gasteiger partial charge < -0.3 is 5.11 Å². The lowest BCUT2D eigenvalue weighted by atomic mass is 9.92. The highest BCUT2D eigenvalue weighted by Gasteiger charge is 2.36. The van der Waals surface area contributed by atoms with Crippen molar-refractivity contribution in [2.24, 2.45) is 11.8 Å². The Kier molecular flexibility index (Phi) is 4.90. The molecule has 1 aromatic rings. The number of carbonyl (C=O) groups is 1. The molecule has 22 heavy (non-hydrogen) atoms. The number of nitrogens with zero attached hydrogens (tertiary/aromatic N) is 2. The second-order valence-electron chi connectivity index (χ2n) is 5.49. The maximum absolute atomic E-state index is 12.7. The summed E-state index contributed by atoms with van der Waals surface area (Å²) in [7, 11) is -3.83. The monoisotopic (exact) mass is 386 g/mol. The van der Waals surface area contributed by atoms with E-state index in [0.29, 0.717) is 10.9 Å². The molecule has 0 radical (unpaired) electrons. The number of rotatable bonds is 3. The van der Waals surface area contributed by atoms with Crippen LogP contribution in [0.1, 0.15) is 18.9 Å². The van der Waals surface area contributed by atoms with Crippen molar-refractivity contribution in [3.8, 4) is 6.07 Å². The molecule has 0 bridgehead atoms. The predicted octanol–water partition coefficient (Wildman–Crippen LogP) is 2.05. The third kappa shape index (κ3) is 3.48. The number of carboxylic acid groups (broad SMARTS) is 1. The highest BCUT2D eigenvalue weighted by Crippen LogP contribution is 2.28. The van der Waals surface area contributed by atoms with Crippen molar-refractivity contribution in [1.29, 1.82) is 5.26 Å². The molecule has 1 aromatic carbocycles. The zero-order valence-corrected chi connectivity index (χ0v) is 14.3. The van der Waals surface area contributed by atoms with E-state index in [4.69, 9.17) is 10.4 Å². The summed E-state index contributed by atoms with van der Waals surface area (Å²) in [5, 5.41) is 18.1. The number of halogens is 1. The minimum Gasteiger partial charge on any atom is -0.481 e. The van der Waals surface area contributed by atoms with Crippen LogP contribution in [0.5, 0.6) is 0 Å². The summed E-state index contributed by atoms with van der Waals surface area (Å²) < 4.78 is 27.1. The van der Waals surface area contributed by atoms with Gasteiger partial charge in [-0.05, 0) is 30.5 Å². The SMILES string of the molecule is CC1CC(C(=O)O)CN(S(=O)(=O)c2cc(Br)cc(C#N)c2)C1. The fourth-order valence-corrected chi connectivity index (χ4v) is 4.92. The summed E-state index contributed by atoms with van der Waals surface area (Å²) >= 11 is 3.19. The summed E-state index contributed by atoms with van der Waals surface area (Å²) in [5.41, 5.74) is 0.229. The van der Waals surface area contributed by atoms with Gasteiger partial charge in [0.25, 0.3) is 0 Å². The van der Waals surface area contributed by atoms with E-state index in [1.807, 2.05) is 13.0 Å². The van der Waals surface area contributed by atoms with Gasteiger partial charge in [-0.15, -0.1) is 0 Å². The summed E-state index contributed by atoms with van der Waals surface area (Å²) in [6.07, 6.45) is 0.462. The van der Waals surface area contributed by atoms with Gasteiger partial charge in [0, 0.05) is 17.6 Å². The van der Waals surface area contributed by atoms with Crippen LogP contribution in [0.15, 0.2) is 27.6 Å². The molecule has 2 unspecified atom stereocenters. The lowest BCUT2D eigenvalue weighted by molar-refractivity contribution is -0.143. The maximum atomic E-state index is 12.7. The summed E-state index contributed by atoms with van der Waals surface area (Å²) in [6.45, 7) is 2.07. The minimum atomic E-state index is -3.83. The van der Waals surface area contributed by atoms with Gasteiger partial charge >= 0.3 is 5.97 Å². The van der Waals surface area contributed by atoms with E-state index in [9.17, 15) is 13.2 Å². The summed E-state index contributed by atoms with van der Waals surface area (Å²) in [4.78, 5) is 11.2. The standard InChI is InChI=1S/C14H15BrN2O4S/c1-9-2-11(14(18)19)8-17(7-9)22(20,21)13-4-10(6-16)3-12(15)5-13/h3-5,9,11H,2,7-8H2,1H3,(H,18,19). The zero-order valence-electron chi connectivity index (χ0n) is 11.9. The van der Waals surface area contributed by atoms with Crippen LogP contribution >= 0.6 is 15.9 Å². The largest absolute Gasteiger partial charge is 0.481 e. The Morgan fingerprint density at radius 2 is 2.09 bits per heavy atom. The van der Waals surface area contributed by atoms with E-state index >= 15 is 0 Å². The van der Waals surface area contributed by atoms with E-state index in [-0.39, 0.29) is 29.5 Å². The van der Waals surface area contributed by atoms with Crippen LogP contribution in [0, 0.1) is 23.2 Å². The molecule has 1 heterocycles. The van der Waals surface area contributed by atoms with E-state index in [2.05, 4.69) is 15.9 Å². The van der Waals surface area contributed by atoms with Crippen LogP contribution < -0.4 is 0 Å². The maximum Gasteiger partial charge on any atom is 0.307 e. The lowest BCUT2D eigenvalue weighted by Gasteiger charge is -2.33. The predicted molar refractivity (Wildman–Crippen MR) is 82.5 cm³/mol. The number of benzene rings is 1. The van der Waals surface area contributed by atoms with Crippen LogP contribution in [-0.4, -0.2) is 36.9 Å². The highest BCUT2D eigenvalue weighted by atomic mass is 79.9. The third-order valence-corrected chi connectivity index (χ3v) is 5.88. The van der Waals surface area contributed by atoms with Gasteiger partial charge in [0.2, 0.25) is 10.0 Å². The molecule has 1 saturated heterocycles. The molecule has 0 spiro atoms. The number of sulfonamides is 1. The van der Waals surface area contributed by atoms with Crippen molar-refractivity contribution < 1.29 is 18.3 Å². The Hall–Kier alpha value is -1.43.